The molecule has 0 fully saturated rings. The van der Waals surface area contributed by atoms with Crippen LogP contribution in [-0.4, -0.2) is 62.6 Å². The summed E-state index contributed by atoms with van der Waals surface area (Å²) in [5.74, 6) is 0.787. The molecule has 1 rings (SSSR count). The monoisotopic (exact) mass is 489 g/mol. The van der Waals surface area contributed by atoms with Gasteiger partial charge in [0.1, 0.15) is 0 Å². The fourth-order valence-corrected chi connectivity index (χ4v) is 2.75. The average Bonchev–Trinajstić information content (AvgIpc) is 2.64. The molecule has 154 valence electrons. The number of likely N-dealkylation sites (N-methyl/N-ethyl adjacent to an activating group) is 1. The molecule has 27 heavy (non-hydrogen) atoms. The Labute approximate surface area is 181 Å². The van der Waals surface area contributed by atoms with Gasteiger partial charge in [0.25, 0.3) is 5.91 Å². The molecular formula is C20H36IN5O. The molecule has 0 aromatic heterocycles. The van der Waals surface area contributed by atoms with E-state index in [0.717, 1.165) is 50.7 Å². The van der Waals surface area contributed by atoms with Crippen molar-refractivity contribution in [2.45, 2.75) is 40.2 Å². The molecule has 0 radical (unpaired) electrons. The molecular weight excluding hydrogens is 453 g/mol. The Morgan fingerprint density at radius 2 is 1.96 bits per heavy atom. The Morgan fingerprint density at radius 1 is 1.22 bits per heavy atom. The minimum atomic E-state index is -0.0552. The molecule has 0 spiro atoms. The van der Waals surface area contributed by atoms with Gasteiger partial charge in [0.15, 0.2) is 5.96 Å². The van der Waals surface area contributed by atoms with E-state index in [-0.39, 0.29) is 29.9 Å². The van der Waals surface area contributed by atoms with Crippen LogP contribution in [0, 0.1) is 0 Å². The maximum Gasteiger partial charge on any atom is 0.251 e. The minimum Gasteiger partial charge on any atom is -0.357 e. The van der Waals surface area contributed by atoms with Crippen LogP contribution in [0.25, 0.3) is 0 Å². The molecule has 6 nitrogen and oxygen atoms in total. The van der Waals surface area contributed by atoms with Crippen molar-refractivity contribution in [3.8, 4) is 0 Å². The number of nitrogens with zero attached hydrogens (tertiary/aromatic N) is 2. The van der Waals surface area contributed by atoms with Gasteiger partial charge in [-0.15, -0.1) is 24.0 Å². The van der Waals surface area contributed by atoms with Crippen molar-refractivity contribution in [3.63, 3.8) is 0 Å². The third kappa shape index (κ3) is 9.95. The number of carbonyl (C=O) groups is 1. The summed E-state index contributed by atoms with van der Waals surface area (Å²) < 4.78 is 0. The van der Waals surface area contributed by atoms with Crippen LogP contribution >= 0.6 is 24.0 Å². The highest BCUT2D eigenvalue weighted by molar-refractivity contribution is 14.0. The lowest BCUT2D eigenvalue weighted by atomic mass is 10.1. The van der Waals surface area contributed by atoms with Crippen molar-refractivity contribution >= 4 is 35.8 Å². The van der Waals surface area contributed by atoms with Gasteiger partial charge in [-0.3, -0.25) is 14.7 Å². The number of aliphatic imine (C=N–C) groups is 1. The standard InChI is InChI=1S/C20H35N5O.HI/c1-6-22-20(24-13-14-25(7-2)16(3)4)23-12-11-17-9-8-10-18(15-17)19(26)21-5;/h8-10,15-16H,6-7,11-14H2,1-5H3,(H,21,26)(H2,22,23,24);1H. The summed E-state index contributed by atoms with van der Waals surface area (Å²) >= 11 is 0. The smallest absolute Gasteiger partial charge is 0.251 e. The first kappa shape index (κ1) is 25.6. The third-order valence-electron chi connectivity index (χ3n) is 4.26. The molecule has 0 aliphatic rings. The molecule has 0 saturated carbocycles. The third-order valence-corrected chi connectivity index (χ3v) is 4.26. The maximum absolute atomic E-state index is 11.7. The topological polar surface area (TPSA) is 68.8 Å². The molecule has 1 aromatic rings. The largest absolute Gasteiger partial charge is 0.357 e. The Balaban J connectivity index is 0.00000676. The van der Waals surface area contributed by atoms with Crippen LogP contribution in [0.4, 0.5) is 0 Å². The second-order valence-electron chi connectivity index (χ2n) is 6.44. The van der Waals surface area contributed by atoms with Gasteiger partial charge in [0.2, 0.25) is 0 Å². The molecule has 7 heteroatoms. The van der Waals surface area contributed by atoms with Gasteiger partial charge >= 0.3 is 0 Å². The van der Waals surface area contributed by atoms with Gasteiger partial charge in [-0.1, -0.05) is 19.1 Å². The fraction of sp³-hybridized carbons (Fsp3) is 0.600. The van der Waals surface area contributed by atoms with E-state index < -0.39 is 0 Å². The SMILES string of the molecule is CCNC(=NCCN(CC)C(C)C)NCCc1cccc(C(=O)NC)c1.I. The van der Waals surface area contributed by atoms with Crippen molar-refractivity contribution in [2.75, 3.05) is 39.8 Å². The van der Waals surface area contributed by atoms with Crippen molar-refractivity contribution in [3.05, 3.63) is 35.4 Å². The van der Waals surface area contributed by atoms with Crippen LogP contribution in [-0.2, 0) is 6.42 Å². The fourth-order valence-electron chi connectivity index (χ4n) is 2.75. The van der Waals surface area contributed by atoms with Crippen LogP contribution < -0.4 is 16.0 Å². The number of carbonyl (C=O) groups excluding carboxylic acids is 1. The molecule has 0 heterocycles. The Bertz CT molecular complexity index is 577. The second-order valence-corrected chi connectivity index (χ2v) is 6.44. The lowest BCUT2D eigenvalue weighted by Gasteiger charge is -2.23. The summed E-state index contributed by atoms with van der Waals surface area (Å²) in [4.78, 5) is 18.8. The first-order valence-corrected chi connectivity index (χ1v) is 9.59. The quantitative estimate of drug-likeness (QED) is 0.269. The van der Waals surface area contributed by atoms with E-state index in [1.807, 2.05) is 24.3 Å². The first-order chi connectivity index (χ1) is 12.5. The number of rotatable bonds is 10. The van der Waals surface area contributed by atoms with Crippen LogP contribution in [0.2, 0.25) is 0 Å². The first-order valence-electron chi connectivity index (χ1n) is 9.59. The normalized spacial score (nSPS) is 11.3. The van der Waals surface area contributed by atoms with E-state index in [0.29, 0.717) is 11.6 Å². The van der Waals surface area contributed by atoms with Gasteiger partial charge < -0.3 is 16.0 Å². The molecule has 0 atom stereocenters. The van der Waals surface area contributed by atoms with Gasteiger partial charge in [-0.25, -0.2) is 0 Å². The van der Waals surface area contributed by atoms with Gasteiger partial charge in [-0.05, 0) is 51.4 Å². The number of guanidine groups is 1. The number of hydrogen-bond donors (Lipinski definition) is 3. The highest BCUT2D eigenvalue weighted by Gasteiger charge is 2.06. The van der Waals surface area contributed by atoms with E-state index in [1.54, 1.807) is 7.05 Å². The highest BCUT2D eigenvalue weighted by Crippen LogP contribution is 2.05. The predicted octanol–water partition coefficient (Wildman–Crippen LogP) is 2.49. The molecule has 0 saturated heterocycles. The van der Waals surface area contributed by atoms with E-state index in [4.69, 9.17) is 0 Å². The predicted molar refractivity (Wildman–Crippen MR) is 125 cm³/mol. The molecule has 1 aromatic carbocycles. The maximum atomic E-state index is 11.7. The van der Waals surface area contributed by atoms with E-state index in [9.17, 15) is 4.79 Å². The van der Waals surface area contributed by atoms with Crippen molar-refractivity contribution in [2.24, 2.45) is 4.99 Å². The lowest BCUT2D eigenvalue weighted by molar-refractivity contribution is 0.0963. The number of hydrogen-bond acceptors (Lipinski definition) is 3. The average molecular weight is 489 g/mol. The molecule has 0 unspecified atom stereocenters. The van der Waals surface area contributed by atoms with Crippen LogP contribution in [0.1, 0.15) is 43.6 Å². The molecule has 3 N–H and O–H groups in total. The Kier molecular flexibility index (Phi) is 13.9. The number of nitrogens with one attached hydrogen (secondary N) is 3. The van der Waals surface area contributed by atoms with Crippen LogP contribution in [0.15, 0.2) is 29.3 Å². The zero-order valence-corrected chi connectivity index (χ0v) is 19.7. The minimum absolute atomic E-state index is 0. The number of amides is 1. The van der Waals surface area contributed by atoms with Gasteiger partial charge in [0, 0.05) is 38.3 Å². The summed E-state index contributed by atoms with van der Waals surface area (Å²) in [6.07, 6.45) is 0.836. The summed E-state index contributed by atoms with van der Waals surface area (Å²) in [6, 6.07) is 8.27. The number of benzene rings is 1. The molecule has 1 amide bonds. The second kappa shape index (κ2) is 14.7. The van der Waals surface area contributed by atoms with Crippen LogP contribution in [0.3, 0.4) is 0 Å². The van der Waals surface area contributed by atoms with Crippen molar-refractivity contribution < 1.29 is 4.79 Å². The van der Waals surface area contributed by atoms with Crippen molar-refractivity contribution in [1.82, 2.24) is 20.9 Å². The summed E-state index contributed by atoms with van der Waals surface area (Å²) in [5.41, 5.74) is 1.82. The van der Waals surface area contributed by atoms with Gasteiger partial charge in [0.05, 0.1) is 6.54 Å². The van der Waals surface area contributed by atoms with E-state index >= 15 is 0 Å². The van der Waals surface area contributed by atoms with E-state index in [1.165, 1.54) is 0 Å². The highest BCUT2D eigenvalue weighted by atomic mass is 127. The summed E-state index contributed by atoms with van der Waals surface area (Å²) in [7, 11) is 1.65. The zero-order chi connectivity index (χ0) is 19.4. The molecule has 0 aliphatic carbocycles. The Morgan fingerprint density at radius 3 is 2.56 bits per heavy atom. The van der Waals surface area contributed by atoms with Crippen LogP contribution in [0.5, 0.6) is 0 Å². The summed E-state index contributed by atoms with van der Waals surface area (Å²) in [5, 5.41) is 9.31. The Hall–Kier alpha value is -1.35. The zero-order valence-electron chi connectivity index (χ0n) is 17.3. The summed E-state index contributed by atoms with van der Waals surface area (Å²) in [6.45, 7) is 13.0. The molecule has 0 aliphatic heterocycles. The van der Waals surface area contributed by atoms with E-state index in [2.05, 4.69) is 53.5 Å². The lowest BCUT2D eigenvalue weighted by Crippen LogP contribution is -2.39. The molecule has 0 bridgehead atoms. The van der Waals surface area contributed by atoms with Crippen molar-refractivity contribution in [1.29, 1.82) is 0 Å². The van der Waals surface area contributed by atoms with Gasteiger partial charge in [-0.2, -0.15) is 0 Å². The number of halogens is 1.